The zero-order valence-electron chi connectivity index (χ0n) is 16.4. The molecule has 6 heteroatoms. The van der Waals surface area contributed by atoms with Crippen molar-refractivity contribution in [3.8, 4) is 6.07 Å². The summed E-state index contributed by atoms with van der Waals surface area (Å²) in [6, 6.07) is 14.3. The van der Waals surface area contributed by atoms with Crippen LogP contribution in [0.5, 0.6) is 0 Å². The van der Waals surface area contributed by atoms with E-state index in [2.05, 4.69) is 59.6 Å². The van der Waals surface area contributed by atoms with Crippen LogP contribution in [0.25, 0.3) is 0 Å². The van der Waals surface area contributed by atoms with Crippen molar-refractivity contribution in [2.45, 2.75) is 36.8 Å². The zero-order valence-corrected chi connectivity index (χ0v) is 16.4. The summed E-state index contributed by atoms with van der Waals surface area (Å²) in [6.07, 6.45) is 6.91. The predicted octanol–water partition coefficient (Wildman–Crippen LogP) is 3.25. The molecule has 1 spiro atoms. The molecule has 2 aromatic rings. The van der Waals surface area contributed by atoms with Crippen molar-refractivity contribution in [1.82, 2.24) is 15.2 Å². The van der Waals surface area contributed by atoms with Crippen molar-refractivity contribution in [2.24, 2.45) is 0 Å². The van der Waals surface area contributed by atoms with E-state index < -0.39 is 0 Å². The molecular weight excluding hydrogens is 350 g/mol. The number of hydrogen-bond acceptors (Lipinski definition) is 4. The number of nitrogens with one attached hydrogen (secondary N) is 1. The fraction of sp³-hybridized carbons (Fsp3) is 0.409. The first-order valence-electron chi connectivity index (χ1n) is 9.66. The number of carbonyl (C=O) groups excluding carboxylic acids is 1. The minimum atomic E-state index is -0.256. The van der Waals surface area contributed by atoms with E-state index >= 15 is 0 Å². The lowest BCUT2D eigenvalue weighted by Gasteiger charge is -2.48. The third-order valence-electron chi connectivity index (χ3n) is 6.49. The van der Waals surface area contributed by atoms with Crippen LogP contribution in [0.2, 0.25) is 0 Å². The zero-order chi connectivity index (χ0) is 19.8. The maximum absolute atomic E-state index is 12.7. The number of nitriles is 1. The van der Waals surface area contributed by atoms with Crippen molar-refractivity contribution >= 4 is 11.7 Å². The van der Waals surface area contributed by atoms with E-state index in [1.165, 1.54) is 5.56 Å². The molecule has 2 heterocycles. The molecule has 1 aliphatic heterocycles. The van der Waals surface area contributed by atoms with Gasteiger partial charge in [0.15, 0.2) is 0 Å². The van der Waals surface area contributed by atoms with Gasteiger partial charge in [-0.2, -0.15) is 5.26 Å². The number of nitrogens with zero attached hydrogens (tertiary/aromatic N) is 4. The Hall–Kier alpha value is -2.91. The summed E-state index contributed by atoms with van der Waals surface area (Å²) in [5, 5.41) is 12.6. The summed E-state index contributed by atoms with van der Waals surface area (Å²) in [6.45, 7) is 0.574. The van der Waals surface area contributed by atoms with Crippen LogP contribution in [0.3, 0.4) is 0 Å². The molecule has 2 aliphatic rings. The number of rotatable bonds is 3. The first-order valence-corrected chi connectivity index (χ1v) is 9.66. The fourth-order valence-corrected chi connectivity index (χ4v) is 4.77. The Labute approximate surface area is 165 Å². The minimum absolute atomic E-state index is 0.0171. The molecule has 144 valence electrons. The lowest BCUT2D eigenvalue weighted by atomic mass is 9.69. The number of urea groups is 1. The molecule has 2 fully saturated rings. The van der Waals surface area contributed by atoms with Crippen LogP contribution in [-0.4, -0.2) is 42.1 Å². The molecule has 1 aromatic carbocycles. The summed E-state index contributed by atoms with van der Waals surface area (Å²) in [7, 11) is 4.28. The van der Waals surface area contributed by atoms with Gasteiger partial charge in [-0.25, -0.2) is 4.79 Å². The Kier molecular flexibility index (Phi) is 4.56. The Bertz CT molecular complexity index is 910. The Balaban J connectivity index is 1.58. The van der Waals surface area contributed by atoms with E-state index in [1.807, 2.05) is 6.07 Å². The number of aromatic nitrogens is 1. The van der Waals surface area contributed by atoms with Gasteiger partial charge in [0.1, 0.15) is 6.07 Å². The Morgan fingerprint density at radius 1 is 1.14 bits per heavy atom. The highest BCUT2D eigenvalue weighted by atomic mass is 16.2. The molecule has 0 radical (unpaired) electrons. The van der Waals surface area contributed by atoms with E-state index in [0.29, 0.717) is 17.8 Å². The second-order valence-electron chi connectivity index (χ2n) is 8.09. The average molecular weight is 375 g/mol. The number of benzene rings is 1. The molecular formula is C22H25N5O. The van der Waals surface area contributed by atoms with Gasteiger partial charge in [0, 0.05) is 11.7 Å². The number of amides is 2. The number of pyridine rings is 1. The second kappa shape index (κ2) is 6.92. The molecule has 1 aromatic heterocycles. The molecule has 1 saturated heterocycles. The van der Waals surface area contributed by atoms with E-state index in [-0.39, 0.29) is 17.1 Å². The van der Waals surface area contributed by atoms with Crippen LogP contribution in [0.1, 0.15) is 36.8 Å². The minimum Gasteiger partial charge on any atom is -0.330 e. The lowest BCUT2D eigenvalue weighted by molar-refractivity contribution is 0.0658. The van der Waals surface area contributed by atoms with Gasteiger partial charge in [0.05, 0.1) is 29.5 Å². The summed E-state index contributed by atoms with van der Waals surface area (Å²) >= 11 is 0. The molecule has 2 amide bonds. The van der Waals surface area contributed by atoms with Crippen LogP contribution in [-0.2, 0) is 5.54 Å². The fourth-order valence-electron chi connectivity index (χ4n) is 4.77. The maximum Gasteiger partial charge on any atom is 0.322 e. The third kappa shape index (κ3) is 2.92. The average Bonchev–Trinajstić information content (AvgIpc) is 3.05. The number of hydrogen-bond donors (Lipinski definition) is 1. The van der Waals surface area contributed by atoms with E-state index in [4.69, 9.17) is 0 Å². The molecule has 28 heavy (non-hydrogen) atoms. The summed E-state index contributed by atoms with van der Waals surface area (Å²) in [4.78, 5) is 20.9. The molecule has 1 saturated carbocycles. The second-order valence-corrected chi connectivity index (χ2v) is 8.09. The van der Waals surface area contributed by atoms with Crippen molar-refractivity contribution in [1.29, 1.82) is 5.26 Å². The molecule has 0 atom stereocenters. The van der Waals surface area contributed by atoms with Crippen molar-refractivity contribution < 1.29 is 4.79 Å². The molecule has 0 bridgehead atoms. The largest absolute Gasteiger partial charge is 0.330 e. The van der Waals surface area contributed by atoms with Gasteiger partial charge in [-0.3, -0.25) is 14.8 Å². The maximum atomic E-state index is 12.7. The Morgan fingerprint density at radius 2 is 1.86 bits per heavy atom. The Morgan fingerprint density at radius 3 is 2.50 bits per heavy atom. The highest BCUT2D eigenvalue weighted by molar-refractivity contribution is 5.96. The van der Waals surface area contributed by atoms with Crippen LogP contribution in [0.15, 0.2) is 48.8 Å². The predicted molar refractivity (Wildman–Crippen MR) is 108 cm³/mol. The SMILES string of the molecule is CN(C)C1(c2ccccc2)CCC2(CC1)CN(c1cnccc1C#N)C(=O)N2. The van der Waals surface area contributed by atoms with Crippen molar-refractivity contribution in [3.63, 3.8) is 0 Å². The normalized spacial score (nSPS) is 27.1. The molecule has 1 aliphatic carbocycles. The van der Waals surface area contributed by atoms with Crippen LogP contribution in [0, 0.1) is 11.3 Å². The topological polar surface area (TPSA) is 72.3 Å². The summed E-state index contributed by atoms with van der Waals surface area (Å²) in [5.41, 5.74) is 2.12. The highest BCUT2D eigenvalue weighted by Crippen LogP contribution is 2.46. The molecule has 6 nitrogen and oxygen atoms in total. The van der Waals surface area contributed by atoms with Gasteiger partial charge in [-0.1, -0.05) is 30.3 Å². The third-order valence-corrected chi connectivity index (χ3v) is 6.49. The van der Waals surface area contributed by atoms with Gasteiger partial charge in [-0.15, -0.1) is 0 Å². The van der Waals surface area contributed by atoms with Crippen LogP contribution < -0.4 is 10.2 Å². The lowest BCUT2D eigenvalue weighted by Crippen LogP contribution is -2.54. The quantitative estimate of drug-likeness (QED) is 0.894. The monoisotopic (exact) mass is 375 g/mol. The van der Waals surface area contributed by atoms with Crippen molar-refractivity contribution in [3.05, 3.63) is 59.9 Å². The van der Waals surface area contributed by atoms with Gasteiger partial charge in [0.25, 0.3) is 0 Å². The van der Waals surface area contributed by atoms with Gasteiger partial charge in [-0.05, 0) is 51.4 Å². The standard InChI is InChI=1S/C22H25N5O/c1-26(2)22(18-6-4-3-5-7-18)11-9-21(10-12-22)16-27(20(28)25-21)19-15-24-13-8-17(19)14-23/h3-8,13,15H,9-12,16H2,1-2H3,(H,25,28). The number of carbonyl (C=O) groups is 1. The molecule has 1 N–H and O–H groups in total. The van der Waals surface area contributed by atoms with Gasteiger partial charge >= 0.3 is 6.03 Å². The van der Waals surface area contributed by atoms with E-state index in [0.717, 1.165) is 25.7 Å². The molecule has 0 unspecified atom stereocenters. The smallest absolute Gasteiger partial charge is 0.322 e. The number of anilines is 1. The first-order chi connectivity index (χ1) is 13.5. The van der Waals surface area contributed by atoms with Gasteiger partial charge in [0.2, 0.25) is 0 Å². The van der Waals surface area contributed by atoms with Crippen LogP contribution in [0.4, 0.5) is 10.5 Å². The van der Waals surface area contributed by atoms with E-state index in [9.17, 15) is 10.1 Å². The van der Waals surface area contributed by atoms with Crippen LogP contribution >= 0.6 is 0 Å². The van der Waals surface area contributed by atoms with E-state index in [1.54, 1.807) is 23.4 Å². The van der Waals surface area contributed by atoms with Crippen molar-refractivity contribution in [2.75, 3.05) is 25.5 Å². The first kappa shape index (κ1) is 18.5. The van der Waals surface area contributed by atoms with Gasteiger partial charge < -0.3 is 5.32 Å². The molecule has 4 rings (SSSR count). The summed E-state index contributed by atoms with van der Waals surface area (Å²) < 4.78 is 0. The highest BCUT2D eigenvalue weighted by Gasteiger charge is 2.50. The summed E-state index contributed by atoms with van der Waals surface area (Å²) in [5.74, 6) is 0.